The van der Waals surface area contributed by atoms with Crippen molar-refractivity contribution in [3.63, 3.8) is 0 Å². The highest BCUT2D eigenvalue weighted by Crippen LogP contribution is 2.54. The van der Waals surface area contributed by atoms with Gasteiger partial charge in [-0.15, -0.1) is 0 Å². The van der Waals surface area contributed by atoms with Crippen LogP contribution in [0.15, 0.2) is 5.18 Å². The number of nitrogens with zero attached hydrogens (tertiary/aromatic N) is 1. The number of rotatable bonds is 13. The van der Waals surface area contributed by atoms with E-state index in [2.05, 4.69) is 14.9 Å². The maximum Gasteiger partial charge on any atom is 0.324 e. The second-order valence-electron chi connectivity index (χ2n) is 7.88. The van der Waals surface area contributed by atoms with Crippen molar-refractivity contribution in [2.75, 3.05) is 0 Å². The van der Waals surface area contributed by atoms with E-state index in [0.29, 0.717) is 12.8 Å². The zero-order valence-electron chi connectivity index (χ0n) is 14.7. The molecule has 0 atom stereocenters. The molecule has 0 aromatic heterocycles. The van der Waals surface area contributed by atoms with E-state index in [1.807, 2.05) is 0 Å². The molecule has 0 heterocycles. The average molecular weight is 355 g/mol. The van der Waals surface area contributed by atoms with Crippen molar-refractivity contribution in [1.29, 1.82) is 0 Å². The van der Waals surface area contributed by atoms with Gasteiger partial charge in [-0.2, -0.15) is 16.7 Å². The standard InChI is InChI=1S/C17H29N3O5/c18-24-14(21)11-16(7-8-16)5-1-3-13(20-23)4-2-6-17(9-10-17)12-15(22)25-19/h13H,1-12,18-19H2. The minimum atomic E-state index is -0.367. The average Bonchev–Trinajstić information content (AvgIpc) is 3.52. The number of nitrogens with two attached hydrogens (primary N) is 2. The SMILES string of the molecule is NOC(=O)CC1(CCCC(CCCC2(CC(=O)ON)CC2)N=O)CC1. The Labute approximate surface area is 147 Å². The van der Waals surface area contributed by atoms with Crippen molar-refractivity contribution < 1.29 is 19.3 Å². The Morgan fingerprint density at radius 3 is 1.56 bits per heavy atom. The second-order valence-corrected chi connectivity index (χ2v) is 7.88. The lowest BCUT2D eigenvalue weighted by molar-refractivity contribution is -0.146. The molecule has 8 heteroatoms. The predicted octanol–water partition coefficient (Wildman–Crippen LogP) is 2.64. The maximum absolute atomic E-state index is 11.3. The Balaban J connectivity index is 1.62. The largest absolute Gasteiger partial charge is 0.373 e. The van der Waals surface area contributed by atoms with Crippen LogP contribution in [0, 0.1) is 15.7 Å². The van der Waals surface area contributed by atoms with Crippen LogP contribution in [0.2, 0.25) is 0 Å². The summed E-state index contributed by atoms with van der Waals surface area (Å²) >= 11 is 0. The van der Waals surface area contributed by atoms with Crippen LogP contribution in [0.5, 0.6) is 0 Å². The van der Waals surface area contributed by atoms with Crippen LogP contribution >= 0.6 is 0 Å². The van der Waals surface area contributed by atoms with Gasteiger partial charge in [0.2, 0.25) is 0 Å². The molecule has 2 aliphatic rings. The van der Waals surface area contributed by atoms with Gasteiger partial charge in [0.1, 0.15) is 0 Å². The monoisotopic (exact) mass is 355 g/mol. The van der Waals surface area contributed by atoms with Gasteiger partial charge < -0.3 is 9.68 Å². The highest BCUT2D eigenvalue weighted by atomic mass is 16.7. The molecule has 0 aromatic carbocycles. The smallest absolute Gasteiger partial charge is 0.324 e. The van der Waals surface area contributed by atoms with E-state index < -0.39 is 0 Å². The molecule has 0 saturated heterocycles. The van der Waals surface area contributed by atoms with Crippen molar-refractivity contribution in [1.82, 2.24) is 0 Å². The van der Waals surface area contributed by atoms with Gasteiger partial charge in [-0.1, -0.05) is 18.0 Å². The minimum Gasteiger partial charge on any atom is -0.373 e. The number of nitroso groups, excluding NO2 is 1. The number of hydrogen-bond donors (Lipinski definition) is 2. The van der Waals surface area contributed by atoms with Crippen LogP contribution in [-0.4, -0.2) is 18.0 Å². The van der Waals surface area contributed by atoms with Gasteiger partial charge in [-0.05, 0) is 62.2 Å². The lowest BCUT2D eigenvalue weighted by Crippen LogP contribution is -2.17. The van der Waals surface area contributed by atoms with Gasteiger partial charge in [0, 0.05) is 0 Å². The predicted molar refractivity (Wildman–Crippen MR) is 90.4 cm³/mol. The summed E-state index contributed by atoms with van der Waals surface area (Å²) in [6.07, 6.45) is 9.81. The van der Waals surface area contributed by atoms with Crippen molar-refractivity contribution >= 4 is 11.9 Å². The fourth-order valence-corrected chi connectivity index (χ4v) is 3.75. The lowest BCUT2D eigenvalue weighted by atomic mass is 9.91. The van der Waals surface area contributed by atoms with E-state index in [4.69, 9.17) is 11.8 Å². The first-order valence-electron chi connectivity index (χ1n) is 9.08. The van der Waals surface area contributed by atoms with Gasteiger partial charge in [-0.3, -0.25) is 9.59 Å². The van der Waals surface area contributed by atoms with Crippen LogP contribution in [-0.2, 0) is 19.3 Å². The molecular weight excluding hydrogens is 326 g/mol. The van der Waals surface area contributed by atoms with Gasteiger partial charge in [0.15, 0.2) is 0 Å². The normalized spacial score (nSPS) is 19.3. The zero-order chi connectivity index (χ0) is 18.3. The molecule has 0 radical (unpaired) electrons. The van der Waals surface area contributed by atoms with E-state index in [0.717, 1.165) is 64.2 Å². The molecule has 2 aliphatic carbocycles. The molecule has 0 aliphatic heterocycles. The Hall–Kier alpha value is -1.54. The van der Waals surface area contributed by atoms with Crippen LogP contribution < -0.4 is 11.8 Å². The third-order valence-corrected chi connectivity index (χ3v) is 5.85. The first-order valence-corrected chi connectivity index (χ1v) is 9.08. The zero-order valence-corrected chi connectivity index (χ0v) is 14.7. The van der Waals surface area contributed by atoms with E-state index >= 15 is 0 Å². The molecule has 0 unspecified atom stereocenters. The van der Waals surface area contributed by atoms with Gasteiger partial charge >= 0.3 is 11.9 Å². The summed E-state index contributed by atoms with van der Waals surface area (Å²) in [5.74, 6) is 9.06. The molecule has 0 aromatic rings. The van der Waals surface area contributed by atoms with E-state index in [9.17, 15) is 14.5 Å². The maximum atomic E-state index is 11.3. The third kappa shape index (κ3) is 6.36. The molecule has 0 bridgehead atoms. The van der Waals surface area contributed by atoms with Gasteiger partial charge in [0.25, 0.3) is 0 Å². The van der Waals surface area contributed by atoms with E-state index in [1.165, 1.54) is 0 Å². The van der Waals surface area contributed by atoms with Gasteiger partial charge in [0.05, 0.1) is 18.9 Å². The number of hydrogen-bond acceptors (Lipinski definition) is 8. The molecule has 2 saturated carbocycles. The highest BCUT2D eigenvalue weighted by Gasteiger charge is 2.45. The molecular formula is C17H29N3O5. The number of carbonyl (C=O) groups is 2. The highest BCUT2D eigenvalue weighted by molar-refractivity contribution is 5.70. The van der Waals surface area contributed by atoms with E-state index in [1.54, 1.807) is 0 Å². The summed E-state index contributed by atoms with van der Waals surface area (Å²) < 4.78 is 0. The van der Waals surface area contributed by atoms with Crippen LogP contribution in [0.25, 0.3) is 0 Å². The number of carbonyl (C=O) groups excluding carboxylic acids is 2. The van der Waals surface area contributed by atoms with Crippen LogP contribution in [0.4, 0.5) is 0 Å². The Morgan fingerprint density at radius 1 is 0.880 bits per heavy atom. The van der Waals surface area contributed by atoms with Crippen molar-refractivity contribution in [3.05, 3.63) is 4.91 Å². The molecule has 2 rings (SSSR count). The molecule has 0 amide bonds. The first kappa shape index (κ1) is 19.8. The quantitative estimate of drug-likeness (QED) is 0.383. The molecule has 0 spiro atoms. The topological polar surface area (TPSA) is 134 Å². The molecule has 2 fully saturated rings. The molecule has 8 nitrogen and oxygen atoms in total. The fraction of sp³-hybridized carbons (Fsp3) is 0.882. The Morgan fingerprint density at radius 2 is 1.28 bits per heavy atom. The first-order chi connectivity index (χ1) is 12.0. The summed E-state index contributed by atoms with van der Waals surface area (Å²) in [7, 11) is 0. The van der Waals surface area contributed by atoms with Gasteiger partial charge in [-0.25, -0.2) is 0 Å². The minimum absolute atomic E-state index is 0.0323. The van der Waals surface area contributed by atoms with Crippen molar-refractivity contribution in [2.45, 2.75) is 83.1 Å². The molecule has 4 N–H and O–H groups in total. The summed E-state index contributed by atoms with van der Waals surface area (Å²) in [5, 5.41) is 3.25. The van der Waals surface area contributed by atoms with E-state index in [-0.39, 0.29) is 28.8 Å². The summed E-state index contributed by atoms with van der Waals surface area (Å²) in [6.45, 7) is 0. The molecule has 25 heavy (non-hydrogen) atoms. The summed E-state index contributed by atoms with van der Waals surface area (Å²) in [4.78, 5) is 42.2. The van der Waals surface area contributed by atoms with Crippen LogP contribution in [0.1, 0.15) is 77.0 Å². The van der Waals surface area contributed by atoms with Crippen LogP contribution in [0.3, 0.4) is 0 Å². The summed E-state index contributed by atoms with van der Waals surface area (Å²) in [5.41, 5.74) is 0.0646. The fourth-order valence-electron chi connectivity index (χ4n) is 3.75. The summed E-state index contributed by atoms with van der Waals surface area (Å²) in [6, 6.07) is -0.200. The Kier molecular flexibility index (Phi) is 6.89. The van der Waals surface area contributed by atoms with Crippen molar-refractivity contribution in [2.24, 2.45) is 27.8 Å². The van der Waals surface area contributed by atoms with Crippen molar-refractivity contribution in [3.8, 4) is 0 Å². The lowest BCUT2D eigenvalue weighted by Gasteiger charge is -2.16. The second kappa shape index (κ2) is 8.71. The Bertz CT molecular complexity index is 449. The third-order valence-electron chi connectivity index (χ3n) is 5.85. The molecule has 142 valence electrons.